The van der Waals surface area contributed by atoms with Crippen molar-refractivity contribution in [1.82, 2.24) is 20.2 Å². The fourth-order valence-electron chi connectivity index (χ4n) is 2.83. The van der Waals surface area contributed by atoms with Gasteiger partial charge in [0.15, 0.2) is 0 Å². The SMILES string of the molecule is CCOc1ncnc2c1CN([C@@H](C)C(=O)NCc1cccs1)CC2. The van der Waals surface area contributed by atoms with Gasteiger partial charge in [-0.3, -0.25) is 9.69 Å². The van der Waals surface area contributed by atoms with Crippen molar-refractivity contribution in [1.29, 1.82) is 0 Å². The molecule has 1 aliphatic heterocycles. The molecule has 128 valence electrons. The highest BCUT2D eigenvalue weighted by Gasteiger charge is 2.28. The Morgan fingerprint density at radius 3 is 3.12 bits per heavy atom. The summed E-state index contributed by atoms with van der Waals surface area (Å²) in [5.41, 5.74) is 2.03. The van der Waals surface area contributed by atoms with E-state index in [9.17, 15) is 4.79 Å². The molecule has 0 aliphatic carbocycles. The van der Waals surface area contributed by atoms with E-state index in [1.54, 1.807) is 17.7 Å². The van der Waals surface area contributed by atoms with Gasteiger partial charge in [0.2, 0.25) is 11.8 Å². The van der Waals surface area contributed by atoms with E-state index in [2.05, 4.69) is 20.2 Å². The summed E-state index contributed by atoms with van der Waals surface area (Å²) in [6.45, 7) is 6.48. The molecule has 2 aromatic rings. The van der Waals surface area contributed by atoms with Gasteiger partial charge in [0.1, 0.15) is 6.33 Å². The van der Waals surface area contributed by atoms with Crippen molar-refractivity contribution in [3.05, 3.63) is 40.0 Å². The van der Waals surface area contributed by atoms with Crippen molar-refractivity contribution in [2.45, 2.75) is 39.4 Å². The molecule has 1 amide bonds. The second-order valence-electron chi connectivity index (χ2n) is 5.73. The van der Waals surface area contributed by atoms with Crippen LogP contribution in [0.15, 0.2) is 23.8 Å². The Balaban J connectivity index is 1.64. The lowest BCUT2D eigenvalue weighted by molar-refractivity contribution is -0.126. The number of nitrogens with one attached hydrogen (secondary N) is 1. The smallest absolute Gasteiger partial charge is 0.237 e. The van der Waals surface area contributed by atoms with Crippen LogP contribution in [-0.4, -0.2) is 40.0 Å². The number of fused-ring (bicyclic) bond motifs is 1. The molecule has 0 unspecified atom stereocenters. The van der Waals surface area contributed by atoms with Gasteiger partial charge in [0, 0.05) is 30.0 Å². The summed E-state index contributed by atoms with van der Waals surface area (Å²) in [6, 6.07) is 3.82. The van der Waals surface area contributed by atoms with Crippen LogP contribution < -0.4 is 10.1 Å². The Bertz CT molecular complexity index is 690. The molecule has 1 atom stereocenters. The van der Waals surface area contributed by atoms with Crippen molar-refractivity contribution in [3.63, 3.8) is 0 Å². The number of carbonyl (C=O) groups is 1. The number of amides is 1. The summed E-state index contributed by atoms with van der Waals surface area (Å²) < 4.78 is 5.61. The van der Waals surface area contributed by atoms with E-state index in [-0.39, 0.29) is 11.9 Å². The van der Waals surface area contributed by atoms with Crippen LogP contribution in [0.2, 0.25) is 0 Å². The lowest BCUT2D eigenvalue weighted by atomic mass is 10.0. The third kappa shape index (κ3) is 3.73. The minimum atomic E-state index is -0.201. The van der Waals surface area contributed by atoms with Crippen molar-refractivity contribution in [2.24, 2.45) is 0 Å². The zero-order chi connectivity index (χ0) is 16.9. The molecule has 0 aromatic carbocycles. The van der Waals surface area contributed by atoms with Crippen LogP contribution in [0.4, 0.5) is 0 Å². The lowest BCUT2D eigenvalue weighted by Crippen LogP contribution is -2.47. The first-order valence-corrected chi connectivity index (χ1v) is 9.06. The highest BCUT2D eigenvalue weighted by atomic mass is 32.1. The molecule has 1 aliphatic rings. The van der Waals surface area contributed by atoms with Gasteiger partial charge in [0.05, 0.1) is 24.9 Å². The summed E-state index contributed by atoms with van der Waals surface area (Å²) in [4.78, 5) is 24.3. The standard InChI is InChI=1S/C17H22N4O2S/c1-3-23-17-14-10-21(7-6-15(14)19-11-20-17)12(2)16(22)18-9-13-5-4-8-24-13/h4-5,8,11-12H,3,6-7,9-10H2,1-2H3,(H,18,22)/t12-/m0/s1. The number of thiophene rings is 1. The van der Waals surface area contributed by atoms with Crippen molar-refractivity contribution < 1.29 is 9.53 Å². The summed E-state index contributed by atoms with van der Waals surface area (Å²) in [5.74, 6) is 0.681. The van der Waals surface area contributed by atoms with E-state index in [4.69, 9.17) is 4.74 Å². The van der Waals surface area contributed by atoms with Crippen LogP contribution in [0.1, 0.15) is 30.0 Å². The average Bonchev–Trinajstić information content (AvgIpc) is 3.13. The van der Waals surface area contributed by atoms with E-state index in [1.807, 2.05) is 31.4 Å². The molecule has 24 heavy (non-hydrogen) atoms. The zero-order valence-electron chi connectivity index (χ0n) is 14.0. The van der Waals surface area contributed by atoms with Crippen LogP contribution >= 0.6 is 11.3 Å². The first kappa shape index (κ1) is 16.9. The van der Waals surface area contributed by atoms with Crippen LogP contribution in [0.25, 0.3) is 0 Å². The summed E-state index contributed by atoms with van der Waals surface area (Å²) >= 11 is 1.65. The Kier molecular flexibility index (Phi) is 5.42. The predicted molar refractivity (Wildman–Crippen MR) is 92.9 cm³/mol. The van der Waals surface area contributed by atoms with Gasteiger partial charge in [-0.05, 0) is 25.3 Å². The third-order valence-corrected chi connectivity index (χ3v) is 5.09. The highest BCUT2D eigenvalue weighted by molar-refractivity contribution is 7.09. The fourth-order valence-corrected chi connectivity index (χ4v) is 3.47. The molecule has 6 nitrogen and oxygen atoms in total. The number of nitrogens with zero attached hydrogens (tertiary/aromatic N) is 3. The number of hydrogen-bond acceptors (Lipinski definition) is 6. The highest BCUT2D eigenvalue weighted by Crippen LogP contribution is 2.25. The molecule has 7 heteroatoms. The fraction of sp³-hybridized carbons (Fsp3) is 0.471. The Labute approximate surface area is 145 Å². The predicted octanol–water partition coefficient (Wildman–Crippen LogP) is 2.00. The third-order valence-electron chi connectivity index (χ3n) is 4.22. The Morgan fingerprint density at radius 1 is 1.50 bits per heavy atom. The van der Waals surface area contributed by atoms with E-state index in [1.165, 1.54) is 0 Å². The quantitative estimate of drug-likeness (QED) is 0.866. The van der Waals surface area contributed by atoms with Gasteiger partial charge in [-0.25, -0.2) is 9.97 Å². The van der Waals surface area contributed by atoms with Crippen LogP contribution in [0.5, 0.6) is 5.88 Å². The molecule has 0 bridgehead atoms. The number of ether oxygens (including phenoxy) is 1. The van der Waals surface area contributed by atoms with Gasteiger partial charge in [-0.1, -0.05) is 6.07 Å². The number of rotatable bonds is 6. The van der Waals surface area contributed by atoms with Crippen LogP contribution in [-0.2, 0) is 24.3 Å². The molecule has 3 rings (SSSR count). The maximum Gasteiger partial charge on any atom is 0.237 e. The lowest BCUT2D eigenvalue weighted by Gasteiger charge is -2.32. The summed E-state index contributed by atoms with van der Waals surface area (Å²) in [6.07, 6.45) is 2.36. The minimum Gasteiger partial charge on any atom is -0.478 e. The maximum absolute atomic E-state index is 12.4. The molecule has 1 N–H and O–H groups in total. The van der Waals surface area contributed by atoms with E-state index >= 15 is 0 Å². The van der Waals surface area contributed by atoms with Gasteiger partial charge < -0.3 is 10.1 Å². The van der Waals surface area contributed by atoms with Crippen molar-refractivity contribution in [3.8, 4) is 5.88 Å². The molecular weight excluding hydrogens is 324 g/mol. The largest absolute Gasteiger partial charge is 0.478 e. The average molecular weight is 346 g/mol. The topological polar surface area (TPSA) is 67.4 Å². The zero-order valence-corrected chi connectivity index (χ0v) is 14.8. The second-order valence-corrected chi connectivity index (χ2v) is 6.76. The van der Waals surface area contributed by atoms with Gasteiger partial charge in [0.25, 0.3) is 0 Å². The number of aromatic nitrogens is 2. The second kappa shape index (κ2) is 7.72. The first-order valence-electron chi connectivity index (χ1n) is 8.18. The number of carbonyl (C=O) groups excluding carboxylic acids is 1. The van der Waals surface area contributed by atoms with E-state index in [0.29, 0.717) is 25.6 Å². The van der Waals surface area contributed by atoms with Crippen LogP contribution in [0, 0.1) is 0 Å². The molecular formula is C17H22N4O2S. The maximum atomic E-state index is 12.4. The van der Waals surface area contributed by atoms with Crippen molar-refractivity contribution in [2.75, 3.05) is 13.2 Å². The molecule has 0 spiro atoms. The first-order chi connectivity index (χ1) is 11.7. The molecule has 0 radical (unpaired) electrons. The summed E-state index contributed by atoms with van der Waals surface area (Å²) in [5, 5.41) is 5.03. The minimum absolute atomic E-state index is 0.0432. The molecule has 2 aromatic heterocycles. The van der Waals surface area contributed by atoms with Gasteiger partial charge in [-0.2, -0.15) is 0 Å². The Morgan fingerprint density at radius 2 is 2.38 bits per heavy atom. The molecule has 0 saturated heterocycles. The summed E-state index contributed by atoms with van der Waals surface area (Å²) in [7, 11) is 0. The van der Waals surface area contributed by atoms with E-state index in [0.717, 1.165) is 29.1 Å². The van der Waals surface area contributed by atoms with Gasteiger partial charge in [-0.15, -0.1) is 11.3 Å². The molecule has 0 fully saturated rings. The van der Waals surface area contributed by atoms with E-state index < -0.39 is 0 Å². The number of hydrogen-bond donors (Lipinski definition) is 1. The monoisotopic (exact) mass is 346 g/mol. The van der Waals surface area contributed by atoms with Crippen LogP contribution in [0.3, 0.4) is 0 Å². The molecule has 0 saturated carbocycles. The molecule has 3 heterocycles. The van der Waals surface area contributed by atoms with Crippen molar-refractivity contribution >= 4 is 17.2 Å². The van der Waals surface area contributed by atoms with Gasteiger partial charge >= 0.3 is 0 Å². The normalized spacial score (nSPS) is 15.6. The Hall–Kier alpha value is -1.99.